The lowest BCUT2D eigenvalue weighted by Crippen LogP contribution is -2.13. The van der Waals surface area contributed by atoms with Gasteiger partial charge in [0.15, 0.2) is 0 Å². The van der Waals surface area contributed by atoms with Crippen molar-refractivity contribution in [2.75, 3.05) is 11.1 Å². The molecule has 0 unspecified atom stereocenters. The van der Waals surface area contributed by atoms with Crippen LogP contribution >= 0.6 is 43.6 Å². The molecule has 5 nitrogen and oxygen atoms in total. The SMILES string of the molecule is O=C(CSc1nnc(-c2ccc3ccccc3c2)o1)Nc1ccc(Br)c(Br)c1. The summed E-state index contributed by atoms with van der Waals surface area (Å²) in [4.78, 5) is 12.2. The summed E-state index contributed by atoms with van der Waals surface area (Å²) in [6.45, 7) is 0. The molecule has 4 aromatic rings. The van der Waals surface area contributed by atoms with Gasteiger partial charge in [0.25, 0.3) is 5.22 Å². The zero-order chi connectivity index (χ0) is 19.5. The fourth-order valence-electron chi connectivity index (χ4n) is 2.61. The number of hydrogen-bond acceptors (Lipinski definition) is 5. The molecule has 0 radical (unpaired) electrons. The van der Waals surface area contributed by atoms with Gasteiger partial charge in [-0.25, -0.2) is 0 Å². The maximum atomic E-state index is 12.2. The third-order valence-electron chi connectivity index (χ3n) is 3.93. The topological polar surface area (TPSA) is 68.0 Å². The van der Waals surface area contributed by atoms with Crippen LogP contribution in [0.3, 0.4) is 0 Å². The molecule has 0 bridgehead atoms. The lowest BCUT2D eigenvalue weighted by molar-refractivity contribution is -0.113. The van der Waals surface area contributed by atoms with Gasteiger partial charge >= 0.3 is 0 Å². The van der Waals surface area contributed by atoms with E-state index >= 15 is 0 Å². The first kappa shape index (κ1) is 19.2. The molecule has 140 valence electrons. The van der Waals surface area contributed by atoms with Gasteiger partial charge in [0.2, 0.25) is 11.8 Å². The van der Waals surface area contributed by atoms with Gasteiger partial charge in [-0.2, -0.15) is 0 Å². The molecule has 1 amide bonds. The minimum atomic E-state index is -0.148. The van der Waals surface area contributed by atoms with Crippen LogP contribution in [0.4, 0.5) is 5.69 Å². The molecule has 1 heterocycles. The number of aromatic nitrogens is 2. The molecule has 0 saturated heterocycles. The third kappa shape index (κ3) is 4.45. The monoisotopic (exact) mass is 517 g/mol. The molecule has 1 aromatic heterocycles. The lowest BCUT2D eigenvalue weighted by Gasteiger charge is -2.05. The van der Waals surface area contributed by atoms with Crippen LogP contribution in [0.1, 0.15) is 0 Å². The van der Waals surface area contributed by atoms with E-state index in [4.69, 9.17) is 4.42 Å². The van der Waals surface area contributed by atoms with Crippen LogP contribution in [0.5, 0.6) is 0 Å². The van der Waals surface area contributed by atoms with E-state index in [1.165, 1.54) is 11.8 Å². The Hall–Kier alpha value is -2.16. The van der Waals surface area contributed by atoms with Gasteiger partial charge < -0.3 is 9.73 Å². The number of thioether (sulfide) groups is 1. The standard InChI is InChI=1S/C20H13Br2N3O2S/c21-16-8-7-15(10-17(16)22)23-18(26)11-28-20-25-24-19(27-20)14-6-5-12-3-1-2-4-13(12)9-14/h1-10H,11H2,(H,23,26). The summed E-state index contributed by atoms with van der Waals surface area (Å²) in [7, 11) is 0. The summed E-state index contributed by atoms with van der Waals surface area (Å²) in [6, 6.07) is 19.6. The summed E-state index contributed by atoms with van der Waals surface area (Å²) < 4.78 is 7.49. The van der Waals surface area contributed by atoms with E-state index in [1.54, 1.807) is 0 Å². The van der Waals surface area contributed by atoms with Gasteiger partial charge in [-0.15, -0.1) is 10.2 Å². The molecule has 3 aromatic carbocycles. The van der Waals surface area contributed by atoms with E-state index in [2.05, 4.69) is 53.4 Å². The Morgan fingerprint density at radius 2 is 1.79 bits per heavy atom. The molecule has 28 heavy (non-hydrogen) atoms. The van der Waals surface area contributed by atoms with Crippen LogP contribution in [-0.4, -0.2) is 21.9 Å². The Morgan fingerprint density at radius 1 is 0.964 bits per heavy atom. The first-order valence-electron chi connectivity index (χ1n) is 8.29. The maximum Gasteiger partial charge on any atom is 0.277 e. The fraction of sp³-hybridized carbons (Fsp3) is 0.0500. The number of fused-ring (bicyclic) bond motifs is 1. The van der Waals surface area contributed by atoms with Gasteiger partial charge in [0.05, 0.1) is 5.75 Å². The minimum absolute atomic E-state index is 0.148. The summed E-state index contributed by atoms with van der Waals surface area (Å²) >= 11 is 8.02. The smallest absolute Gasteiger partial charge is 0.277 e. The normalized spacial score (nSPS) is 10.9. The number of rotatable bonds is 5. The van der Waals surface area contributed by atoms with Gasteiger partial charge in [-0.3, -0.25) is 4.79 Å². The highest BCUT2D eigenvalue weighted by molar-refractivity contribution is 9.13. The zero-order valence-corrected chi connectivity index (χ0v) is 18.3. The quantitative estimate of drug-likeness (QED) is 0.321. The highest BCUT2D eigenvalue weighted by Crippen LogP contribution is 2.28. The second kappa shape index (κ2) is 8.46. The molecule has 0 saturated carbocycles. The minimum Gasteiger partial charge on any atom is -0.411 e. The van der Waals surface area contributed by atoms with E-state index in [1.807, 2.05) is 54.6 Å². The van der Waals surface area contributed by atoms with Crippen LogP contribution in [0.25, 0.3) is 22.2 Å². The molecule has 4 rings (SSSR count). The average Bonchev–Trinajstić information content (AvgIpc) is 3.18. The average molecular weight is 519 g/mol. The first-order valence-corrected chi connectivity index (χ1v) is 10.9. The Labute approximate surface area is 182 Å². The largest absolute Gasteiger partial charge is 0.411 e. The molecule has 0 spiro atoms. The van der Waals surface area contributed by atoms with Gasteiger partial charge in [-0.05, 0) is 73.0 Å². The summed E-state index contributed by atoms with van der Waals surface area (Å²) in [5, 5.41) is 13.6. The summed E-state index contributed by atoms with van der Waals surface area (Å²) in [5.41, 5.74) is 1.56. The Morgan fingerprint density at radius 3 is 2.61 bits per heavy atom. The predicted molar refractivity (Wildman–Crippen MR) is 118 cm³/mol. The van der Waals surface area contributed by atoms with Crippen molar-refractivity contribution in [1.82, 2.24) is 10.2 Å². The molecular formula is C20H13Br2N3O2S. The van der Waals surface area contributed by atoms with Crippen molar-refractivity contribution < 1.29 is 9.21 Å². The van der Waals surface area contributed by atoms with Crippen molar-refractivity contribution in [1.29, 1.82) is 0 Å². The van der Waals surface area contributed by atoms with Crippen molar-refractivity contribution in [3.63, 3.8) is 0 Å². The van der Waals surface area contributed by atoms with Crippen LogP contribution in [0.2, 0.25) is 0 Å². The van der Waals surface area contributed by atoms with Crippen molar-refractivity contribution in [3.8, 4) is 11.5 Å². The Kier molecular flexibility index (Phi) is 5.79. The lowest BCUT2D eigenvalue weighted by atomic mass is 10.1. The summed E-state index contributed by atoms with van der Waals surface area (Å²) in [5.74, 6) is 0.461. The molecule has 0 aliphatic heterocycles. The van der Waals surface area contributed by atoms with E-state index in [0.717, 1.165) is 25.3 Å². The van der Waals surface area contributed by atoms with E-state index < -0.39 is 0 Å². The highest BCUT2D eigenvalue weighted by atomic mass is 79.9. The van der Waals surface area contributed by atoms with Gasteiger partial charge in [-0.1, -0.05) is 42.1 Å². The molecule has 8 heteroatoms. The molecule has 0 fully saturated rings. The van der Waals surface area contributed by atoms with E-state index in [9.17, 15) is 4.79 Å². The second-order valence-corrected chi connectivity index (χ2v) is 8.54. The van der Waals surface area contributed by atoms with Crippen molar-refractivity contribution in [2.24, 2.45) is 0 Å². The van der Waals surface area contributed by atoms with Gasteiger partial charge in [0.1, 0.15) is 0 Å². The molecule has 0 aliphatic carbocycles. The number of hydrogen-bond donors (Lipinski definition) is 1. The first-order chi connectivity index (χ1) is 13.6. The molecule has 1 N–H and O–H groups in total. The van der Waals surface area contributed by atoms with Crippen LogP contribution in [0, 0.1) is 0 Å². The van der Waals surface area contributed by atoms with Gasteiger partial charge in [0, 0.05) is 20.2 Å². The van der Waals surface area contributed by atoms with Crippen LogP contribution in [0.15, 0.2) is 79.2 Å². The number of carbonyl (C=O) groups is 1. The van der Waals surface area contributed by atoms with Crippen molar-refractivity contribution in [2.45, 2.75) is 5.22 Å². The van der Waals surface area contributed by atoms with Crippen molar-refractivity contribution in [3.05, 3.63) is 69.6 Å². The molecule has 0 atom stereocenters. The molecule has 0 aliphatic rings. The summed E-state index contributed by atoms with van der Waals surface area (Å²) in [6.07, 6.45) is 0. The zero-order valence-electron chi connectivity index (χ0n) is 14.4. The maximum absolute atomic E-state index is 12.2. The highest BCUT2D eigenvalue weighted by Gasteiger charge is 2.12. The van der Waals surface area contributed by atoms with E-state index in [0.29, 0.717) is 16.8 Å². The molecular weight excluding hydrogens is 506 g/mol. The van der Waals surface area contributed by atoms with E-state index in [-0.39, 0.29) is 11.7 Å². The second-order valence-electron chi connectivity index (χ2n) is 5.90. The fourth-order valence-corrected chi connectivity index (χ4v) is 3.79. The number of halogens is 2. The Balaban J connectivity index is 1.40. The number of benzene rings is 3. The van der Waals surface area contributed by atoms with Crippen molar-refractivity contribution >= 4 is 66.0 Å². The van der Waals surface area contributed by atoms with Crippen LogP contribution < -0.4 is 5.32 Å². The Bertz CT molecular complexity index is 1160. The number of nitrogens with zero attached hydrogens (tertiary/aromatic N) is 2. The van der Waals surface area contributed by atoms with Crippen LogP contribution in [-0.2, 0) is 4.79 Å². The number of nitrogens with one attached hydrogen (secondary N) is 1. The number of carbonyl (C=O) groups excluding carboxylic acids is 1. The third-order valence-corrected chi connectivity index (χ3v) is 6.63. The number of anilines is 1. The predicted octanol–water partition coefficient (Wildman–Crippen LogP) is 6.15. The number of amides is 1.